The number of hydrogen-bond donors (Lipinski definition) is 1. The Morgan fingerprint density at radius 1 is 1.19 bits per heavy atom. The Labute approximate surface area is 274 Å². The number of alkyl halides is 1. The lowest BCUT2D eigenvalue weighted by Gasteiger charge is -2.44. The zero-order valence-corrected chi connectivity index (χ0v) is 26.9. The highest BCUT2D eigenvalue weighted by Gasteiger charge is 2.49. The van der Waals surface area contributed by atoms with Crippen LogP contribution in [0.1, 0.15) is 38.7 Å². The fourth-order valence-corrected chi connectivity index (χ4v) is 8.59. The van der Waals surface area contributed by atoms with Crippen LogP contribution in [-0.4, -0.2) is 82.3 Å². The standard InChI is InChI=1S/C34H34F3N7O2S/c1-4-26(45)43-14-19(3)44(15-18(43)2)32-23-7-6-22(21-8-9-25(36)30-27(21)24(13-38)31(39)47-30)28(37)29(23)40-33(41-32)46-17-34-10-5-11-42(34)16-20(35)12-34/h4,6-9,18-20H,1,5,10-12,14-17,39H2,2-3H3. The van der Waals surface area contributed by atoms with E-state index >= 15 is 4.39 Å². The number of fused-ring (bicyclic) bond motifs is 3. The summed E-state index contributed by atoms with van der Waals surface area (Å²) in [5, 5.41) is 10.6. The minimum absolute atomic E-state index is 0.0123. The van der Waals surface area contributed by atoms with E-state index in [4.69, 9.17) is 15.5 Å². The predicted molar refractivity (Wildman–Crippen MR) is 176 cm³/mol. The molecule has 1 amide bonds. The molecular formula is C34H34F3N7O2S. The second-order valence-corrected chi connectivity index (χ2v) is 13.9. The van der Waals surface area contributed by atoms with E-state index in [1.807, 2.05) is 24.8 Å². The Morgan fingerprint density at radius 2 is 1.98 bits per heavy atom. The van der Waals surface area contributed by atoms with Crippen molar-refractivity contribution in [2.45, 2.75) is 56.9 Å². The van der Waals surface area contributed by atoms with E-state index < -0.39 is 23.3 Å². The molecule has 3 saturated heterocycles. The van der Waals surface area contributed by atoms with Crippen LogP contribution in [0, 0.1) is 23.0 Å². The normalized spacial score (nSPS) is 24.6. The van der Waals surface area contributed by atoms with Gasteiger partial charge in [0.05, 0.1) is 15.8 Å². The first-order valence-corrected chi connectivity index (χ1v) is 16.5. The van der Waals surface area contributed by atoms with E-state index in [2.05, 4.69) is 16.5 Å². The number of carbonyl (C=O) groups excluding carboxylic acids is 1. The molecule has 2 aromatic carbocycles. The summed E-state index contributed by atoms with van der Waals surface area (Å²) in [6, 6.07) is 7.57. The number of ether oxygens (including phenoxy) is 1. The summed E-state index contributed by atoms with van der Waals surface area (Å²) in [5.74, 6) is -0.971. The number of rotatable bonds is 6. The number of aromatic nitrogens is 2. The van der Waals surface area contributed by atoms with Crippen molar-refractivity contribution in [2.75, 3.05) is 43.4 Å². The van der Waals surface area contributed by atoms with Crippen LogP contribution in [-0.2, 0) is 4.79 Å². The predicted octanol–water partition coefficient (Wildman–Crippen LogP) is 5.81. The number of nitrogens with two attached hydrogens (primary N) is 1. The van der Waals surface area contributed by atoms with Gasteiger partial charge < -0.3 is 20.3 Å². The van der Waals surface area contributed by atoms with Gasteiger partial charge in [0.15, 0.2) is 5.82 Å². The van der Waals surface area contributed by atoms with Gasteiger partial charge in [-0.05, 0) is 57.0 Å². The number of nitriles is 1. The number of thiophene rings is 1. The van der Waals surface area contributed by atoms with Crippen molar-refractivity contribution >= 4 is 49.1 Å². The molecule has 4 atom stereocenters. The quantitative estimate of drug-likeness (QED) is 0.258. The summed E-state index contributed by atoms with van der Waals surface area (Å²) >= 11 is 0.943. The van der Waals surface area contributed by atoms with Gasteiger partial charge in [-0.3, -0.25) is 9.69 Å². The maximum absolute atomic E-state index is 16.9. The van der Waals surface area contributed by atoms with Crippen LogP contribution in [0.5, 0.6) is 6.01 Å². The first-order chi connectivity index (χ1) is 22.5. The molecule has 5 heterocycles. The molecule has 0 saturated carbocycles. The van der Waals surface area contributed by atoms with Crippen molar-refractivity contribution in [1.82, 2.24) is 19.8 Å². The lowest BCUT2D eigenvalue weighted by atomic mass is 9.95. The van der Waals surface area contributed by atoms with Crippen molar-refractivity contribution in [3.05, 3.63) is 54.1 Å². The van der Waals surface area contributed by atoms with Gasteiger partial charge in [0, 0.05) is 54.5 Å². The van der Waals surface area contributed by atoms with Crippen molar-refractivity contribution in [3.8, 4) is 23.2 Å². The molecule has 4 aromatic rings. The van der Waals surface area contributed by atoms with Gasteiger partial charge in [0.1, 0.15) is 41.0 Å². The third-order valence-corrected chi connectivity index (χ3v) is 11.0. The van der Waals surface area contributed by atoms with Gasteiger partial charge >= 0.3 is 6.01 Å². The molecule has 2 aromatic heterocycles. The molecule has 244 valence electrons. The monoisotopic (exact) mass is 661 g/mol. The van der Waals surface area contributed by atoms with E-state index in [0.717, 1.165) is 30.7 Å². The first kappa shape index (κ1) is 31.2. The number of hydrogen-bond acceptors (Lipinski definition) is 9. The van der Waals surface area contributed by atoms with Gasteiger partial charge in [0.25, 0.3) is 0 Å². The highest BCUT2D eigenvalue weighted by molar-refractivity contribution is 7.23. The Morgan fingerprint density at radius 3 is 2.74 bits per heavy atom. The number of nitrogens with zero attached hydrogens (tertiary/aromatic N) is 6. The van der Waals surface area contributed by atoms with Crippen molar-refractivity contribution in [3.63, 3.8) is 0 Å². The number of piperazine rings is 1. The maximum Gasteiger partial charge on any atom is 0.319 e. The van der Waals surface area contributed by atoms with Gasteiger partial charge in [-0.2, -0.15) is 15.2 Å². The molecule has 0 bridgehead atoms. The molecule has 3 fully saturated rings. The first-order valence-electron chi connectivity index (χ1n) is 15.7. The minimum Gasteiger partial charge on any atom is -0.461 e. The van der Waals surface area contributed by atoms with Crippen LogP contribution >= 0.6 is 11.3 Å². The Kier molecular flexibility index (Phi) is 7.75. The van der Waals surface area contributed by atoms with Gasteiger partial charge in [-0.25, -0.2) is 13.2 Å². The number of amides is 1. The summed E-state index contributed by atoms with van der Waals surface area (Å²) in [6.45, 7) is 9.64. The topological polar surface area (TPSA) is 112 Å². The maximum atomic E-state index is 16.9. The van der Waals surface area contributed by atoms with Crippen LogP contribution in [0.25, 0.3) is 32.1 Å². The second kappa shape index (κ2) is 11.7. The Hall–Kier alpha value is -4.41. The molecule has 0 radical (unpaired) electrons. The highest BCUT2D eigenvalue weighted by Crippen LogP contribution is 2.44. The number of nitrogen functional groups attached to an aromatic ring is 1. The number of halogens is 3. The molecule has 0 spiro atoms. The van der Waals surface area contributed by atoms with Gasteiger partial charge in [-0.1, -0.05) is 18.7 Å². The number of anilines is 2. The SMILES string of the molecule is C=CC(=O)N1CC(C)N(c2nc(OCC34CCCN3CC(F)C4)nc3c(F)c(-c4ccc(F)c5sc(N)c(C#N)c45)ccc23)CC1C. The molecule has 3 aliphatic heterocycles. The molecule has 3 aliphatic rings. The van der Waals surface area contributed by atoms with Crippen LogP contribution in [0.2, 0.25) is 0 Å². The molecule has 2 N–H and O–H groups in total. The largest absolute Gasteiger partial charge is 0.461 e. The third kappa shape index (κ3) is 5.05. The second-order valence-electron chi connectivity index (χ2n) is 12.8. The Balaban J connectivity index is 1.36. The number of carbonyl (C=O) groups is 1. The highest BCUT2D eigenvalue weighted by atomic mass is 32.1. The molecule has 0 aliphatic carbocycles. The van der Waals surface area contributed by atoms with Crippen LogP contribution in [0.3, 0.4) is 0 Å². The summed E-state index contributed by atoms with van der Waals surface area (Å²) in [7, 11) is 0. The smallest absolute Gasteiger partial charge is 0.319 e. The molecule has 47 heavy (non-hydrogen) atoms. The average Bonchev–Trinajstić information content (AvgIpc) is 3.70. The summed E-state index contributed by atoms with van der Waals surface area (Å²) in [6.07, 6.45) is 2.42. The fraction of sp³-hybridized carbons (Fsp3) is 0.412. The van der Waals surface area contributed by atoms with E-state index in [9.17, 15) is 18.8 Å². The van der Waals surface area contributed by atoms with Crippen molar-refractivity contribution in [2.24, 2.45) is 0 Å². The van der Waals surface area contributed by atoms with E-state index in [-0.39, 0.29) is 62.3 Å². The fourth-order valence-electron chi connectivity index (χ4n) is 7.64. The molecule has 4 unspecified atom stereocenters. The molecule has 13 heteroatoms. The minimum atomic E-state index is -0.944. The van der Waals surface area contributed by atoms with E-state index in [1.165, 1.54) is 18.2 Å². The third-order valence-electron chi connectivity index (χ3n) is 9.93. The average molecular weight is 662 g/mol. The Bertz CT molecular complexity index is 1980. The molecular weight excluding hydrogens is 627 g/mol. The zero-order chi connectivity index (χ0) is 33.2. The van der Waals surface area contributed by atoms with Crippen molar-refractivity contribution in [1.29, 1.82) is 5.26 Å². The van der Waals surface area contributed by atoms with E-state index in [0.29, 0.717) is 42.8 Å². The van der Waals surface area contributed by atoms with Crippen LogP contribution in [0.15, 0.2) is 36.9 Å². The van der Waals surface area contributed by atoms with E-state index in [1.54, 1.807) is 17.0 Å². The molecule has 7 rings (SSSR count). The number of benzene rings is 2. The summed E-state index contributed by atoms with van der Waals surface area (Å²) < 4.78 is 52.6. The van der Waals surface area contributed by atoms with Gasteiger partial charge in [-0.15, -0.1) is 11.3 Å². The van der Waals surface area contributed by atoms with Crippen LogP contribution in [0.4, 0.5) is 24.0 Å². The lowest BCUT2D eigenvalue weighted by molar-refractivity contribution is -0.128. The molecule has 9 nitrogen and oxygen atoms in total. The van der Waals surface area contributed by atoms with Crippen LogP contribution < -0.4 is 15.4 Å². The van der Waals surface area contributed by atoms with Gasteiger partial charge in [0.2, 0.25) is 5.91 Å². The van der Waals surface area contributed by atoms with Crippen molar-refractivity contribution < 1.29 is 22.7 Å². The zero-order valence-electron chi connectivity index (χ0n) is 26.1. The lowest BCUT2D eigenvalue weighted by Crippen LogP contribution is -2.58. The summed E-state index contributed by atoms with van der Waals surface area (Å²) in [4.78, 5) is 27.8. The summed E-state index contributed by atoms with van der Waals surface area (Å²) in [5.41, 5.74) is 6.09.